The number of carbonyl (C=O) groups excluding carboxylic acids is 1. The van der Waals surface area contributed by atoms with Gasteiger partial charge in [-0.3, -0.25) is 14.4 Å². The molecule has 0 bridgehead atoms. The summed E-state index contributed by atoms with van der Waals surface area (Å²) in [5.74, 6) is -0.894. The van der Waals surface area contributed by atoms with Gasteiger partial charge < -0.3 is 19.5 Å². The lowest BCUT2D eigenvalue weighted by Crippen LogP contribution is -2.50. The summed E-state index contributed by atoms with van der Waals surface area (Å²) >= 11 is 0. The minimum atomic E-state index is -0.577. The fraction of sp³-hybridized carbons (Fsp3) is 0.400. The van der Waals surface area contributed by atoms with Crippen molar-refractivity contribution in [1.29, 1.82) is 0 Å². The first-order valence-electron chi connectivity index (χ1n) is 13.9. The molecule has 2 aliphatic rings. The van der Waals surface area contributed by atoms with Crippen LogP contribution >= 0.6 is 0 Å². The molecule has 0 saturated carbocycles. The van der Waals surface area contributed by atoms with Gasteiger partial charge >= 0.3 is 0 Å². The minimum absolute atomic E-state index is 0.0712. The highest BCUT2D eigenvalue weighted by atomic mass is 19.1. The van der Waals surface area contributed by atoms with Crippen molar-refractivity contribution < 1.29 is 23.4 Å². The van der Waals surface area contributed by atoms with E-state index < -0.39 is 5.82 Å². The molecule has 220 valence electrons. The van der Waals surface area contributed by atoms with E-state index in [9.17, 15) is 4.79 Å². The highest BCUT2D eigenvalue weighted by Gasteiger charge is 2.29. The Labute approximate surface area is 243 Å². The molecule has 2 aromatic carbocycles. The number of benzene rings is 2. The van der Waals surface area contributed by atoms with Crippen LogP contribution in [0, 0.1) is 12.7 Å². The Bertz CT molecular complexity index is 1600. The number of halogens is 1. The Morgan fingerprint density at radius 2 is 2.02 bits per heavy atom. The van der Waals surface area contributed by atoms with Gasteiger partial charge in [0.15, 0.2) is 11.6 Å². The lowest BCUT2D eigenvalue weighted by molar-refractivity contribution is -0.0695. The molecule has 11 nitrogen and oxygen atoms in total. The van der Waals surface area contributed by atoms with Crippen LogP contribution in [-0.2, 0) is 42.1 Å². The zero-order valence-corrected chi connectivity index (χ0v) is 24.0. The van der Waals surface area contributed by atoms with Crippen molar-refractivity contribution >= 4 is 5.91 Å². The smallest absolute Gasteiger partial charge is 0.255 e. The Morgan fingerprint density at radius 1 is 1.17 bits per heavy atom. The highest BCUT2D eigenvalue weighted by molar-refractivity contribution is 5.95. The van der Waals surface area contributed by atoms with Crippen molar-refractivity contribution in [1.82, 2.24) is 35.0 Å². The molecule has 2 aromatic heterocycles. The van der Waals surface area contributed by atoms with Crippen LogP contribution in [0.3, 0.4) is 0 Å². The lowest BCUT2D eigenvalue weighted by atomic mass is 9.96. The van der Waals surface area contributed by atoms with Crippen molar-refractivity contribution in [3.05, 3.63) is 87.7 Å². The van der Waals surface area contributed by atoms with Crippen molar-refractivity contribution in [2.45, 2.75) is 45.6 Å². The number of aromatic nitrogens is 5. The maximum Gasteiger partial charge on any atom is 0.255 e. The van der Waals surface area contributed by atoms with Crippen LogP contribution in [0.25, 0.3) is 5.69 Å². The van der Waals surface area contributed by atoms with Gasteiger partial charge in [0, 0.05) is 38.5 Å². The molecule has 12 heteroatoms. The van der Waals surface area contributed by atoms with Crippen LogP contribution in [0.2, 0.25) is 0 Å². The van der Waals surface area contributed by atoms with Crippen LogP contribution in [-0.4, -0.2) is 75.6 Å². The summed E-state index contributed by atoms with van der Waals surface area (Å²) in [6.45, 7) is 5.94. The zero-order valence-electron chi connectivity index (χ0n) is 24.0. The van der Waals surface area contributed by atoms with Gasteiger partial charge in [-0.05, 0) is 42.2 Å². The maximum absolute atomic E-state index is 15.4. The first kappa shape index (κ1) is 28.0. The van der Waals surface area contributed by atoms with E-state index in [2.05, 4.69) is 43.8 Å². The van der Waals surface area contributed by atoms with Gasteiger partial charge in [-0.15, -0.1) is 5.10 Å². The number of carbonyl (C=O) groups is 1. The molecule has 1 fully saturated rings. The molecule has 1 amide bonds. The third-order valence-corrected chi connectivity index (χ3v) is 7.84. The number of amides is 1. The third kappa shape index (κ3) is 5.65. The fourth-order valence-corrected chi connectivity index (χ4v) is 5.50. The SMILES string of the molecule is COCc1nn(Cc2ccc3c(c2)CN(C2COC2)CC3)cc1C(=O)NCc1c(-n2cc(C)nn2)ccc(OC)c1F. The number of ether oxygens (including phenoxy) is 3. The summed E-state index contributed by atoms with van der Waals surface area (Å²) in [7, 11) is 2.95. The monoisotopic (exact) mass is 575 g/mol. The van der Waals surface area contributed by atoms with Gasteiger partial charge in [0.2, 0.25) is 0 Å². The molecule has 0 radical (unpaired) electrons. The molecule has 0 spiro atoms. The molecule has 2 aliphatic heterocycles. The topological polar surface area (TPSA) is 109 Å². The quantitative estimate of drug-likeness (QED) is 0.308. The Balaban J connectivity index is 1.20. The molecule has 6 rings (SSSR count). The van der Waals surface area contributed by atoms with Gasteiger partial charge in [-0.25, -0.2) is 9.07 Å². The zero-order chi connectivity index (χ0) is 29.2. The van der Waals surface area contributed by atoms with Gasteiger partial charge in [0.1, 0.15) is 5.69 Å². The van der Waals surface area contributed by atoms with E-state index in [1.165, 1.54) is 29.0 Å². The normalized spacial score (nSPS) is 15.3. The van der Waals surface area contributed by atoms with E-state index >= 15 is 4.39 Å². The molecular formula is C30H34FN7O4. The lowest BCUT2D eigenvalue weighted by Gasteiger charge is -2.40. The van der Waals surface area contributed by atoms with Gasteiger partial charge in [0.25, 0.3) is 5.91 Å². The highest BCUT2D eigenvalue weighted by Crippen LogP contribution is 2.27. The number of aryl methyl sites for hydroxylation is 1. The number of hydrogen-bond donors (Lipinski definition) is 1. The maximum atomic E-state index is 15.4. The molecule has 4 aromatic rings. The summed E-state index contributed by atoms with van der Waals surface area (Å²) in [5.41, 5.74) is 6.04. The molecular weight excluding hydrogens is 541 g/mol. The number of hydrogen-bond acceptors (Lipinski definition) is 8. The standard InChI is InChI=1S/C30H34FN7O4/c1-19-12-38(35-33-19)27-6-7-28(41-3)29(31)24(27)11-32-30(39)25-15-37(34-26(25)18-40-2)13-20-4-5-21-8-9-36(14-22(21)10-20)23-16-42-17-23/h4-7,10,12,15,23H,8-9,11,13-14,16-18H2,1-3H3,(H,32,39). The summed E-state index contributed by atoms with van der Waals surface area (Å²) in [6, 6.07) is 10.3. The van der Waals surface area contributed by atoms with Crippen molar-refractivity contribution in [2.75, 3.05) is 34.0 Å². The van der Waals surface area contributed by atoms with Crippen LogP contribution < -0.4 is 10.1 Å². The van der Waals surface area contributed by atoms with Crippen LogP contribution in [0.4, 0.5) is 4.39 Å². The van der Waals surface area contributed by atoms with E-state index in [1.54, 1.807) is 37.2 Å². The second-order valence-corrected chi connectivity index (χ2v) is 10.7. The molecule has 0 atom stereocenters. The second kappa shape index (κ2) is 12.0. The van der Waals surface area contributed by atoms with Crippen LogP contribution in [0.15, 0.2) is 42.7 Å². The summed E-state index contributed by atoms with van der Waals surface area (Å²) < 4.78 is 34.5. The van der Waals surface area contributed by atoms with Crippen LogP contribution in [0.5, 0.6) is 5.75 Å². The van der Waals surface area contributed by atoms with Gasteiger partial charge in [0.05, 0.1) is 62.7 Å². The average Bonchev–Trinajstić information content (AvgIpc) is 3.57. The summed E-state index contributed by atoms with van der Waals surface area (Å²) in [6.07, 6.45) is 4.43. The molecule has 4 heterocycles. The first-order chi connectivity index (χ1) is 20.4. The predicted octanol–water partition coefficient (Wildman–Crippen LogP) is 2.80. The number of rotatable bonds is 10. The fourth-order valence-electron chi connectivity index (χ4n) is 5.50. The van der Waals surface area contributed by atoms with E-state index in [0.29, 0.717) is 35.2 Å². The van der Waals surface area contributed by atoms with E-state index in [1.807, 2.05) is 0 Å². The number of nitrogens with one attached hydrogen (secondary N) is 1. The number of nitrogens with zero attached hydrogens (tertiary/aromatic N) is 6. The molecule has 0 unspecified atom stereocenters. The van der Waals surface area contributed by atoms with Crippen molar-refractivity contribution in [3.63, 3.8) is 0 Å². The summed E-state index contributed by atoms with van der Waals surface area (Å²) in [4.78, 5) is 15.9. The minimum Gasteiger partial charge on any atom is -0.494 e. The molecule has 0 aliphatic carbocycles. The Morgan fingerprint density at radius 3 is 2.74 bits per heavy atom. The largest absolute Gasteiger partial charge is 0.494 e. The molecule has 1 saturated heterocycles. The van der Waals surface area contributed by atoms with Crippen molar-refractivity contribution in [3.8, 4) is 11.4 Å². The first-order valence-corrected chi connectivity index (χ1v) is 13.9. The Kier molecular flexibility index (Phi) is 8.00. The summed E-state index contributed by atoms with van der Waals surface area (Å²) in [5, 5.41) is 15.6. The van der Waals surface area contributed by atoms with Gasteiger partial charge in [-0.2, -0.15) is 5.10 Å². The average molecular weight is 576 g/mol. The number of fused-ring (bicyclic) bond motifs is 1. The van der Waals surface area contributed by atoms with Crippen molar-refractivity contribution in [2.24, 2.45) is 0 Å². The number of methoxy groups -OCH3 is 2. The van der Waals surface area contributed by atoms with Gasteiger partial charge in [-0.1, -0.05) is 23.4 Å². The Hall–Kier alpha value is -4.13. The molecule has 42 heavy (non-hydrogen) atoms. The van der Waals surface area contributed by atoms with E-state index in [-0.39, 0.29) is 30.4 Å². The predicted molar refractivity (Wildman–Crippen MR) is 151 cm³/mol. The molecule has 1 N–H and O–H groups in total. The van der Waals surface area contributed by atoms with E-state index in [4.69, 9.17) is 14.2 Å². The van der Waals surface area contributed by atoms with Crippen LogP contribution in [0.1, 0.15) is 44.0 Å². The van der Waals surface area contributed by atoms with E-state index in [0.717, 1.165) is 38.3 Å². The second-order valence-electron chi connectivity index (χ2n) is 10.7. The third-order valence-electron chi connectivity index (χ3n) is 7.84.